The molecule has 0 heterocycles. The number of benzene rings is 2. The molecule has 0 bridgehead atoms. The molecular formula is C18H16Cl2N2O4. The van der Waals surface area contributed by atoms with Gasteiger partial charge in [-0.25, -0.2) is 0 Å². The second-order valence-corrected chi connectivity index (χ2v) is 6.13. The summed E-state index contributed by atoms with van der Waals surface area (Å²) in [6, 6.07) is 12.9. The van der Waals surface area contributed by atoms with Crippen LogP contribution < -0.4 is 10.6 Å². The summed E-state index contributed by atoms with van der Waals surface area (Å²) in [6.45, 7) is 1.05. The second-order valence-electron chi connectivity index (χ2n) is 5.29. The van der Waals surface area contributed by atoms with E-state index in [0.29, 0.717) is 21.3 Å². The van der Waals surface area contributed by atoms with Crippen molar-refractivity contribution in [3.05, 3.63) is 64.1 Å². The number of nitrogens with one attached hydrogen (secondary N) is 2. The van der Waals surface area contributed by atoms with Crippen molar-refractivity contribution in [2.45, 2.75) is 13.0 Å². The van der Waals surface area contributed by atoms with Gasteiger partial charge in [-0.1, -0.05) is 35.3 Å². The van der Waals surface area contributed by atoms with Crippen LogP contribution in [-0.2, 0) is 14.3 Å². The smallest absolute Gasteiger partial charge is 0.326 e. The van der Waals surface area contributed by atoms with E-state index in [-0.39, 0.29) is 6.54 Å². The third kappa shape index (κ3) is 5.75. The number of carbonyl (C=O) groups excluding carboxylic acids is 3. The Balaban J connectivity index is 1.81. The van der Waals surface area contributed by atoms with Gasteiger partial charge in [0.05, 0.1) is 10.7 Å². The summed E-state index contributed by atoms with van der Waals surface area (Å²) in [6.07, 6.45) is -1.05. The van der Waals surface area contributed by atoms with Gasteiger partial charge in [0.25, 0.3) is 11.8 Å². The van der Waals surface area contributed by atoms with Gasteiger partial charge in [-0.3, -0.25) is 14.4 Å². The number of hydrogen-bond donors (Lipinski definition) is 2. The Morgan fingerprint density at radius 2 is 1.69 bits per heavy atom. The number of esters is 1. The highest BCUT2D eigenvalue weighted by atomic mass is 35.5. The molecule has 0 aromatic heterocycles. The Morgan fingerprint density at radius 3 is 2.35 bits per heavy atom. The molecule has 0 aliphatic rings. The van der Waals surface area contributed by atoms with Gasteiger partial charge in [-0.2, -0.15) is 0 Å². The molecule has 26 heavy (non-hydrogen) atoms. The van der Waals surface area contributed by atoms with Gasteiger partial charge in [-0.15, -0.1) is 0 Å². The van der Waals surface area contributed by atoms with Crippen molar-refractivity contribution in [3.8, 4) is 0 Å². The number of halogens is 2. The Kier molecular flexibility index (Phi) is 7.00. The van der Waals surface area contributed by atoms with E-state index in [4.69, 9.17) is 27.9 Å². The summed E-state index contributed by atoms with van der Waals surface area (Å²) in [5, 5.41) is 5.84. The lowest BCUT2D eigenvalue weighted by atomic mass is 10.2. The quantitative estimate of drug-likeness (QED) is 0.736. The molecule has 0 aliphatic heterocycles. The Hall–Kier alpha value is -2.57. The fourth-order valence-electron chi connectivity index (χ4n) is 1.95. The van der Waals surface area contributed by atoms with Crippen molar-refractivity contribution in [1.82, 2.24) is 5.32 Å². The minimum absolute atomic E-state index is 0.353. The van der Waals surface area contributed by atoms with Crippen LogP contribution >= 0.6 is 23.2 Å². The molecular weight excluding hydrogens is 379 g/mol. The van der Waals surface area contributed by atoms with Gasteiger partial charge >= 0.3 is 5.97 Å². The molecule has 0 fully saturated rings. The van der Waals surface area contributed by atoms with Crippen molar-refractivity contribution in [2.75, 3.05) is 11.9 Å². The molecule has 6 nitrogen and oxygen atoms in total. The highest BCUT2D eigenvalue weighted by Crippen LogP contribution is 2.20. The maximum absolute atomic E-state index is 12.0. The monoisotopic (exact) mass is 394 g/mol. The van der Waals surface area contributed by atoms with E-state index in [1.165, 1.54) is 19.1 Å². The number of amides is 2. The fraction of sp³-hybridized carbons (Fsp3) is 0.167. The molecule has 0 saturated heterocycles. The van der Waals surface area contributed by atoms with Gasteiger partial charge in [-0.05, 0) is 43.3 Å². The number of carbonyl (C=O) groups is 3. The second kappa shape index (κ2) is 9.22. The first-order valence-electron chi connectivity index (χ1n) is 7.65. The third-order valence-corrected chi connectivity index (χ3v) is 3.89. The maximum atomic E-state index is 12.0. The van der Waals surface area contributed by atoms with Crippen LogP contribution in [-0.4, -0.2) is 30.4 Å². The van der Waals surface area contributed by atoms with Gasteiger partial charge in [0.2, 0.25) is 0 Å². The summed E-state index contributed by atoms with van der Waals surface area (Å²) < 4.78 is 5.00. The Bertz CT molecular complexity index is 809. The number of rotatable bonds is 6. The van der Waals surface area contributed by atoms with Gasteiger partial charge in [0, 0.05) is 10.6 Å². The maximum Gasteiger partial charge on any atom is 0.326 e. The summed E-state index contributed by atoms with van der Waals surface area (Å²) in [5.41, 5.74) is 0.768. The van der Waals surface area contributed by atoms with Gasteiger partial charge < -0.3 is 15.4 Å². The highest BCUT2D eigenvalue weighted by molar-refractivity contribution is 6.33. The summed E-state index contributed by atoms with van der Waals surface area (Å²) in [4.78, 5) is 35.8. The number of para-hydroxylation sites is 1. The van der Waals surface area contributed by atoms with E-state index in [0.717, 1.165) is 0 Å². The Labute approximate surface area is 160 Å². The molecule has 8 heteroatoms. The van der Waals surface area contributed by atoms with Gasteiger partial charge in [0.15, 0.2) is 6.10 Å². The van der Waals surface area contributed by atoms with Crippen molar-refractivity contribution < 1.29 is 19.1 Å². The van der Waals surface area contributed by atoms with Crippen molar-refractivity contribution in [1.29, 1.82) is 0 Å². The lowest BCUT2D eigenvalue weighted by Gasteiger charge is -2.14. The van der Waals surface area contributed by atoms with Crippen LogP contribution in [0.1, 0.15) is 17.3 Å². The molecule has 2 N–H and O–H groups in total. The average Bonchev–Trinajstić information content (AvgIpc) is 2.62. The zero-order chi connectivity index (χ0) is 19.1. The molecule has 0 aliphatic carbocycles. The van der Waals surface area contributed by atoms with Crippen LogP contribution in [0.2, 0.25) is 10.0 Å². The molecule has 0 saturated carbocycles. The van der Waals surface area contributed by atoms with Crippen molar-refractivity contribution in [2.24, 2.45) is 0 Å². The molecule has 2 amide bonds. The first-order chi connectivity index (χ1) is 12.4. The highest BCUT2D eigenvalue weighted by Gasteiger charge is 2.19. The predicted molar refractivity (Wildman–Crippen MR) is 99.4 cm³/mol. The van der Waals surface area contributed by atoms with Crippen LogP contribution in [0.3, 0.4) is 0 Å². The van der Waals surface area contributed by atoms with Crippen molar-refractivity contribution >= 4 is 46.7 Å². The van der Waals surface area contributed by atoms with E-state index in [1.54, 1.807) is 36.4 Å². The molecule has 2 aromatic carbocycles. The zero-order valence-electron chi connectivity index (χ0n) is 13.8. The normalized spacial score (nSPS) is 11.3. The molecule has 2 aromatic rings. The number of hydrogen-bond acceptors (Lipinski definition) is 4. The van der Waals surface area contributed by atoms with E-state index in [2.05, 4.69) is 10.6 Å². The Morgan fingerprint density at radius 1 is 1.04 bits per heavy atom. The first kappa shape index (κ1) is 19.8. The summed E-state index contributed by atoms with van der Waals surface area (Å²) in [5.74, 6) is -1.73. The minimum atomic E-state index is -1.05. The van der Waals surface area contributed by atoms with Crippen LogP contribution in [0.15, 0.2) is 48.5 Å². The van der Waals surface area contributed by atoms with E-state index in [1.807, 2.05) is 0 Å². The first-order valence-corrected chi connectivity index (χ1v) is 8.41. The standard InChI is InChI=1S/C18H16Cl2N2O4/c1-11(17(24)22-15-5-3-2-4-14(15)20)26-16(23)10-21-18(25)12-6-8-13(19)9-7-12/h2-9,11H,10H2,1H3,(H,21,25)(H,22,24)/t11-/m0/s1. The van der Waals surface area contributed by atoms with Crippen LogP contribution in [0.5, 0.6) is 0 Å². The predicted octanol–water partition coefficient (Wildman–Crippen LogP) is 3.29. The van der Waals surface area contributed by atoms with E-state index >= 15 is 0 Å². The summed E-state index contributed by atoms with van der Waals surface area (Å²) in [7, 11) is 0. The van der Waals surface area contributed by atoms with Gasteiger partial charge in [0.1, 0.15) is 6.54 Å². The lowest BCUT2D eigenvalue weighted by Crippen LogP contribution is -2.35. The van der Waals surface area contributed by atoms with Crippen LogP contribution in [0.4, 0.5) is 5.69 Å². The zero-order valence-corrected chi connectivity index (χ0v) is 15.3. The topological polar surface area (TPSA) is 84.5 Å². The molecule has 0 spiro atoms. The van der Waals surface area contributed by atoms with Crippen LogP contribution in [0, 0.1) is 0 Å². The lowest BCUT2D eigenvalue weighted by molar-refractivity contribution is -0.152. The SMILES string of the molecule is C[C@H](OC(=O)CNC(=O)c1ccc(Cl)cc1)C(=O)Nc1ccccc1Cl. The average molecular weight is 395 g/mol. The summed E-state index contributed by atoms with van der Waals surface area (Å²) >= 11 is 11.7. The molecule has 0 radical (unpaired) electrons. The molecule has 1 atom stereocenters. The van der Waals surface area contributed by atoms with Crippen molar-refractivity contribution in [3.63, 3.8) is 0 Å². The minimum Gasteiger partial charge on any atom is -0.451 e. The van der Waals surface area contributed by atoms with Crippen LogP contribution in [0.25, 0.3) is 0 Å². The number of ether oxygens (including phenoxy) is 1. The fourth-order valence-corrected chi connectivity index (χ4v) is 2.25. The molecule has 0 unspecified atom stereocenters. The largest absolute Gasteiger partial charge is 0.451 e. The number of anilines is 1. The third-order valence-electron chi connectivity index (χ3n) is 3.31. The molecule has 2 rings (SSSR count). The van der Waals surface area contributed by atoms with E-state index in [9.17, 15) is 14.4 Å². The van der Waals surface area contributed by atoms with E-state index < -0.39 is 23.9 Å². The molecule has 136 valence electrons.